The van der Waals surface area contributed by atoms with Crippen molar-refractivity contribution in [3.63, 3.8) is 0 Å². The highest BCUT2D eigenvalue weighted by molar-refractivity contribution is 6.10. The van der Waals surface area contributed by atoms with Crippen LogP contribution in [0.3, 0.4) is 0 Å². The van der Waals surface area contributed by atoms with Gasteiger partial charge in [-0.15, -0.1) is 0 Å². The van der Waals surface area contributed by atoms with Gasteiger partial charge in [0, 0.05) is 29.7 Å². The molecule has 3 aromatic rings. The minimum absolute atomic E-state index is 0.114. The molecular formula is C22H19N3O3. The van der Waals surface area contributed by atoms with Crippen LogP contribution in [-0.2, 0) is 4.79 Å². The lowest BCUT2D eigenvalue weighted by molar-refractivity contribution is -0.113. The number of benzene rings is 2. The predicted molar refractivity (Wildman–Crippen MR) is 108 cm³/mol. The fourth-order valence-electron chi connectivity index (χ4n) is 2.47. The second-order valence-corrected chi connectivity index (χ2v) is 5.84. The average molecular weight is 373 g/mol. The summed E-state index contributed by atoms with van der Waals surface area (Å²) in [6.07, 6.45) is 4.82. The molecule has 0 aliphatic rings. The Bertz CT molecular complexity index is 986. The van der Waals surface area contributed by atoms with Crippen molar-refractivity contribution in [3.8, 4) is 5.75 Å². The van der Waals surface area contributed by atoms with E-state index < -0.39 is 5.91 Å². The molecular weight excluding hydrogens is 354 g/mol. The van der Waals surface area contributed by atoms with Crippen LogP contribution < -0.4 is 15.4 Å². The number of carbonyl (C=O) groups is 2. The molecule has 0 aliphatic carbocycles. The lowest BCUT2D eigenvalue weighted by Gasteiger charge is -2.12. The molecule has 3 rings (SSSR count). The van der Waals surface area contributed by atoms with Gasteiger partial charge in [0.15, 0.2) is 0 Å². The summed E-state index contributed by atoms with van der Waals surface area (Å²) in [4.78, 5) is 29.3. The Kier molecular flexibility index (Phi) is 6.15. The highest BCUT2D eigenvalue weighted by atomic mass is 16.5. The number of carbonyl (C=O) groups excluding carboxylic acids is 2. The number of ether oxygens (including phenoxy) is 1. The Balaban J connectivity index is 1.86. The number of hydrogen-bond donors (Lipinski definition) is 2. The largest absolute Gasteiger partial charge is 0.497 e. The molecule has 1 heterocycles. The summed E-state index contributed by atoms with van der Waals surface area (Å²) in [7, 11) is 1.55. The van der Waals surface area contributed by atoms with Gasteiger partial charge in [-0.3, -0.25) is 14.6 Å². The summed E-state index contributed by atoms with van der Waals surface area (Å²) < 4.78 is 5.17. The van der Waals surface area contributed by atoms with Crippen molar-refractivity contribution in [1.29, 1.82) is 0 Å². The van der Waals surface area contributed by atoms with E-state index in [0.717, 1.165) is 5.56 Å². The molecule has 6 nitrogen and oxygen atoms in total. The van der Waals surface area contributed by atoms with E-state index in [2.05, 4.69) is 15.6 Å². The average Bonchev–Trinajstić information content (AvgIpc) is 2.74. The highest BCUT2D eigenvalue weighted by Crippen LogP contribution is 2.17. The maximum absolute atomic E-state index is 12.8. The molecule has 1 aromatic heterocycles. The second kappa shape index (κ2) is 9.14. The number of methoxy groups -OCH3 is 1. The summed E-state index contributed by atoms with van der Waals surface area (Å²) >= 11 is 0. The molecule has 0 spiro atoms. The fraction of sp³-hybridized carbons (Fsp3) is 0.0455. The van der Waals surface area contributed by atoms with E-state index in [1.54, 1.807) is 86.2 Å². The molecule has 2 amide bonds. The zero-order chi connectivity index (χ0) is 19.8. The molecule has 0 unspecified atom stereocenters. The Hall–Kier alpha value is -3.93. The Morgan fingerprint density at radius 2 is 1.71 bits per heavy atom. The first-order valence-electron chi connectivity index (χ1n) is 8.59. The number of amides is 2. The van der Waals surface area contributed by atoms with Crippen molar-refractivity contribution in [2.75, 3.05) is 12.4 Å². The van der Waals surface area contributed by atoms with Crippen LogP contribution in [0.1, 0.15) is 15.9 Å². The minimum Gasteiger partial charge on any atom is -0.497 e. The summed E-state index contributed by atoms with van der Waals surface area (Å²) in [5, 5.41) is 5.47. The molecule has 0 aliphatic heterocycles. The first-order valence-corrected chi connectivity index (χ1v) is 8.59. The molecule has 0 bridgehead atoms. The number of anilines is 1. The zero-order valence-electron chi connectivity index (χ0n) is 15.3. The van der Waals surface area contributed by atoms with Crippen molar-refractivity contribution >= 4 is 23.6 Å². The summed E-state index contributed by atoms with van der Waals surface area (Å²) in [5.41, 5.74) is 1.86. The molecule has 0 atom stereocenters. The third-order valence-electron chi connectivity index (χ3n) is 3.87. The molecule has 2 N–H and O–H groups in total. The molecule has 140 valence electrons. The summed E-state index contributed by atoms with van der Waals surface area (Å²) in [6, 6.07) is 19.2. The normalized spacial score (nSPS) is 10.8. The lowest BCUT2D eigenvalue weighted by atomic mass is 10.2. The number of pyridine rings is 1. The topological polar surface area (TPSA) is 80.3 Å². The van der Waals surface area contributed by atoms with Crippen molar-refractivity contribution < 1.29 is 14.3 Å². The van der Waals surface area contributed by atoms with Crippen LogP contribution in [0.2, 0.25) is 0 Å². The van der Waals surface area contributed by atoms with Crippen molar-refractivity contribution in [1.82, 2.24) is 10.3 Å². The van der Waals surface area contributed by atoms with Gasteiger partial charge in [0.2, 0.25) is 0 Å². The number of nitrogens with one attached hydrogen (secondary N) is 2. The van der Waals surface area contributed by atoms with Gasteiger partial charge in [-0.05, 0) is 48.0 Å². The maximum atomic E-state index is 12.8. The minimum atomic E-state index is -0.450. The van der Waals surface area contributed by atoms with E-state index in [0.29, 0.717) is 17.0 Å². The van der Waals surface area contributed by atoms with E-state index >= 15 is 0 Å². The van der Waals surface area contributed by atoms with E-state index in [9.17, 15) is 9.59 Å². The van der Waals surface area contributed by atoms with E-state index in [1.807, 2.05) is 6.07 Å². The Morgan fingerprint density at radius 3 is 2.43 bits per heavy atom. The predicted octanol–water partition coefficient (Wildman–Crippen LogP) is 3.50. The second-order valence-electron chi connectivity index (χ2n) is 5.84. The highest BCUT2D eigenvalue weighted by Gasteiger charge is 2.15. The monoisotopic (exact) mass is 373 g/mol. The van der Waals surface area contributed by atoms with Crippen molar-refractivity contribution in [2.45, 2.75) is 0 Å². The van der Waals surface area contributed by atoms with Crippen LogP contribution in [0.15, 0.2) is 84.8 Å². The summed E-state index contributed by atoms with van der Waals surface area (Å²) in [6.45, 7) is 0. The standard InChI is InChI=1S/C22H19N3O3/c1-28-19-9-5-8-18(15-19)24-22(27)20(14-16-10-12-23-13-11-16)25-21(26)17-6-3-2-4-7-17/h2-15H,1H3,(H,24,27)(H,25,26)/b20-14+. The quantitative estimate of drug-likeness (QED) is 0.648. The molecule has 28 heavy (non-hydrogen) atoms. The molecule has 0 saturated heterocycles. The maximum Gasteiger partial charge on any atom is 0.272 e. The SMILES string of the molecule is COc1cccc(NC(=O)/C(=C\c2ccncc2)NC(=O)c2ccccc2)c1. The zero-order valence-corrected chi connectivity index (χ0v) is 15.3. The number of nitrogens with zero attached hydrogens (tertiary/aromatic N) is 1. The molecule has 0 fully saturated rings. The van der Waals surface area contributed by atoms with Crippen LogP contribution in [0.4, 0.5) is 5.69 Å². The first kappa shape index (κ1) is 18.8. The van der Waals surface area contributed by atoms with Gasteiger partial charge in [-0.2, -0.15) is 0 Å². The summed E-state index contributed by atoms with van der Waals surface area (Å²) in [5.74, 6) is -0.207. The van der Waals surface area contributed by atoms with E-state index in [1.165, 1.54) is 0 Å². The first-order chi connectivity index (χ1) is 13.7. The molecule has 0 saturated carbocycles. The Morgan fingerprint density at radius 1 is 0.964 bits per heavy atom. The van der Waals surface area contributed by atoms with Crippen LogP contribution in [-0.4, -0.2) is 23.9 Å². The fourth-order valence-corrected chi connectivity index (χ4v) is 2.47. The van der Waals surface area contributed by atoms with Gasteiger partial charge >= 0.3 is 0 Å². The van der Waals surface area contributed by atoms with Crippen LogP contribution in [0, 0.1) is 0 Å². The van der Waals surface area contributed by atoms with Crippen molar-refractivity contribution in [2.24, 2.45) is 0 Å². The van der Waals surface area contributed by atoms with Crippen molar-refractivity contribution in [3.05, 3.63) is 95.9 Å². The van der Waals surface area contributed by atoms with Crippen LogP contribution in [0.25, 0.3) is 6.08 Å². The van der Waals surface area contributed by atoms with Crippen LogP contribution >= 0.6 is 0 Å². The lowest BCUT2D eigenvalue weighted by Crippen LogP contribution is -2.30. The number of aromatic nitrogens is 1. The molecule has 6 heteroatoms. The molecule has 2 aromatic carbocycles. The van der Waals surface area contributed by atoms with Gasteiger partial charge in [-0.1, -0.05) is 24.3 Å². The third-order valence-corrected chi connectivity index (χ3v) is 3.87. The third kappa shape index (κ3) is 5.04. The number of hydrogen-bond acceptors (Lipinski definition) is 4. The van der Waals surface area contributed by atoms with E-state index in [4.69, 9.17) is 4.74 Å². The van der Waals surface area contributed by atoms with Gasteiger partial charge < -0.3 is 15.4 Å². The van der Waals surface area contributed by atoms with Gasteiger partial charge in [0.25, 0.3) is 11.8 Å². The molecule has 0 radical (unpaired) electrons. The number of rotatable bonds is 6. The van der Waals surface area contributed by atoms with Gasteiger partial charge in [0.1, 0.15) is 11.4 Å². The smallest absolute Gasteiger partial charge is 0.272 e. The Labute approximate surface area is 162 Å². The van der Waals surface area contributed by atoms with Gasteiger partial charge in [-0.25, -0.2) is 0 Å². The van der Waals surface area contributed by atoms with Gasteiger partial charge in [0.05, 0.1) is 7.11 Å². The van der Waals surface area contributed by atoms with E-state index in [-0.39, 0.29) is 11.6 Å². The van der Waals surface area contributed by atoms with Crippen LogP contribution in [0.5, 0.6) is 5.75 Å².